The molecule has 3 aromatic rings. The molecule has 0 bridgehead atoms. The predicted molar refractivity (Wildman–Crippen MR) is 109 cm³/mol. The van der Waals surface area contributed by atoms with Gasteiger partial charge in [-0.05, 0) is 42.8 Å². The quantitative estimate of drug-likeness (QED) is 0.479. The second-order valence-corrected chi connectivity index (χ2v) is 5.94. The number of methoxy groups -OCH3 is 1. The molecule has 1 amide bonds. The summed E-state index contributed by atoms with van der Waals surface area (Å²) < 4.78 is 15.4. The van der Waals surface area contributed by atoms with Crippen molar-refractivity contribution in [3.63, 3.8) is 0 Å². The number of para-hydroxylation sites is 1. The third kappa shape index (κ3) is 5.10. The molecule has 0 atom stereocenters. The second kappa shape index (κ2) is 9.36. The molecule has 0 saturated heterocycles. The minimum atomic E-state index is -0.401. The number of hydrogen-bond acceptors (Lipinski definition) is 6. The van der Waals surface area contributed by atoms with Crippen molar-refractivity contribution in [2.24, 2.45) is 0 Å². The Balaban J connectivity index is 1.66. The fraction of sp³-hybridized carbons (Fsp3) is 0.136. The summed E-state index contributed by atoms with van der Waals surface area (Å²) in [7, 11) is 1.56. The second-order valence-electron chi connectivity index (χ2n) is 5.94. The Bertz CT molecular complexity index is 1020. The molecule has 7 nitrogen and oxygen atoms in total. The number of hydrogen-bond donors (Lipinski definition) is 1. The highest BCUT2D eigenvalue weighted by atomic mass is 16.5. The van der Waals surface area contributed by atoms with Crippen molar-refractivity contribution in [2.75, 3.05) is 19.0 Å². The number of carbonyl (C=O) groups excluding carboxylic acids is 2. The Morgan fingerprint density at radius 3 is 2.62 bits per heavy atom. The third-order valence-electron chi connectivity index (χ3n) is 3.98. The topological polar surface area (TPSA) is 90.7 Å². The zero-order chi connectivity index (χ0) is 20.6. The number of nitrogens with one attached hydrogen (secondary N) is 1. The first-order chi connectivity index (χ1) is 14.1. The van der Waals surface area contributed by atoms with Gasteiger partial charge in [0.15, 0.2) is 11.5 Å². The van der Waals surface area contributed by atoms with Gasteiger partial charge in [0.2, 0.25) is 0 Å². The molecule has 1 heterocycles. The van der Waals surface area contributed by atoms with E-state index in [1.807, 2.05) is 18.2 Å². The van der Waals surface area contributed by atoms with Crippen LogP contribution in [0.2, 0.25) is 0 Å². The van der Waals surface area contributed by atoms with Crippen LogP contribution in [-0.4, -0.2) is 30.7 Å². The van der Waals surface area contributed by atoms with Gasteiger partial charge in [0.25, 0.3) is 5.91 Å². The average Bonchev–Trinajstić information content (AvgIpc) is 3.24. The number of anilines is 1. The van der Waals surface area contributed by atoms with E-state index in [0.717, 1.165) is 5.56 Å². The van der Waals surface area contributed by atoms with Crippen LogP contribution in [0, 0.1) is 0 Å². The highest BCUT2D eigenvalue weighted by Gasteiger charge is 2.16. The van der Waals surface area contributed by atoms with Crippen molar-refractivity contribution in [1.82, 2.24) is 5.16 Å². The molecule has 3 rings (SSSR count). The van der Waals surface area contributed by atoms with E-state index in [2.05, 4.69) is 10.5 Å². The van der Waals surface area contributed by atoms with E-state index in [9.17, 15) is 9.59 Å². The summed E-state index contributed by atoms with van der Waals surface area (Å²) in [6.45, 7) is 2.08. The third-order valence-corrected chi connectivity index (χ3v) is 3.98. The molecule has 7 heteroatoms. The summed E-state index contributed by atoms with van der Waals surface area (Å²) in [5.74, 6) is 0.264. The first-order valence-electron chi connectivity index (χ1n) is 8.97. The number of amides is 1. The van der Waals surface area contributed by atoms with Crippen molar-refractivity contribution in [1.29, 1.82) is 0 Å². The van der Waals surface area contributed by atoms with Crippen molar-refractivity contribution in [2.45, 2.75) is 6.92 Å². The molecule has 0 radical (unpaired) electrons. The number of carbonyl (C=O) groups is 2. The van der Waals surface area contributed by atoms with Crippen molar-refractivity contribution >= 4 is 23.6 Å². The van der Waals surface area contributed by atoms with Crippen LogP contribution in [-0.2, 0) is 9.53 Å². The lowest BCUT2D eigenvalue weighted by Gasteiger charge is -2.04. The maximum atomic E-state index is 12.4. The van der Waals surface area contributed by atoms with Crippen LogP contribution in [0.4, 0.5) is 5.69 Å². The van der Waals surface area contributed by atoms with E-state index in [4.69, 9.17) is 14.0 Å². The minimum absolute atomic E-state index is 0.150. The summed E-state index contributed by atoms with van der Waals surface area (Å²) >= 11 is 0. The van der Waals surface area contributed by atoms with E-state index in [-0.39, 0.29) is 5.69 Å². The molecule has 1 N–H and O–H groups in total. The van der Waals surface area contributed by atoms with E-state index in [1.165, 1.54) is 6.08 Å². The zero-order valence-electron chi connectivity index (χ0n) is 16.0. The summed E-state index contributed by atoms with van der Waals surface area (Å²) in [5, 5.41) is 6.60. The Hall–Kier alpha value is -3.87. The van der Waals surface area contributed by atoms with Crippen molar-refractivity contribution in [3.05, 3.63) is 71.9 Å². The van der Waals surface area contributed by atoms with Gasteiger partial charge in [-0.1, -0.05) is 29.4 Å². The van der Waals surface area contributed by atoms with Gasteiger partial charge in [-0.15, -0.1) is 0 Å². The molecule has 2 aromatic carbocycles. The van der Waals surface area contributed by atoms with Gasteiger partial charge in [0.05, 0.1) is 19.3 Å². The standard InChI is InChI=1S/C22H20N2O5/c1-3-28-21(25)13-10-15-8-11-16(12-9-15)23-22(26)18-14-20(29-24-18)17-6-4-5-7-19(17)27-2/h4-14H,3H2,1-2H3,(H,23,26)/b13-10+. The molecular weight excluding hydrogens is 372 g/mol. The highest BCUT2D eigenvalue weighted by molar-refractivity contribution is 6.03. The number of benzene rings is 2. The van der Waals surface area contributed by atoms with E-state index in [0.29, 0.717) is 29.4 Å². The van der Waals surface area contributed by atoms with Gasteiger partial charge in [-0.2, -0.15) is 0 Å². The van der Waals surface area contributed by atoms with Crippen LogP contribution in [0.5, 0.6) is 5.75 Å². The van der Waals surface area contributed by atoms with E-state index in [1.54, 1.807) is 56.5 Å². The first kappa shape index (κ1) is 19.9. The molecule has 0 aliphatic carbocycles. The zero-order valence-corrected chi connectivity index (χ0v) is 16.0. The lowest BCUT2D eigenvalue weighted by molar-refractivity contribution is -0.137. The van der Waals surface area contributed by atoms with Gasteiger partial charge >= 0.3 is 5.97 Å². The number of esters is 1. The van der Waals surface area contributed by atoms with Gasteiger partial charge in [0, 0.05) is 17.8 Å². The van der Waals surface area contributed by atoms with Crippen molar-refractivity contribution < 1.29 is 23.6 Å². The fourth-order valence-electron chi connectivity index (χ4n) is 2.58. The van der Waals surface area contributed by atoms with Crippen LogP contribution in [0.25, 0.3) is 17.4 Å². The average molecular weight is 392 g/mol. The normalized spacial score (nSPS) is 10.7. The first-order valence-corrected chi connectivity index (χ1v) is 8.97. The van der Waals surface area contributed by atoms with E-state index >= 15 is 0 Å². The predicted octanol–water partition coefficient (Wildman–Crippen LogP) is 4.18. The molecule has 0 fully saturated rings. The van der Waals surface area contributed by atoms with Crippen LogP contribution >= 0.6 is 0 Å². The van der Waals surface area contributed by atoms with Crippen LogP contribution in [0.3, 0.4) is 0 Å². The molecule has 29 heavy (non-hydrogen) atoms. The Kier molecular flexibility index (Phi) is 6.42. The molecule has 1 aromatic heterocycles. The maximum Gasteiger partial charge on any atom is 0.330 e. The van der Waals surface area contributed by atoms with Gasteiger partial charge < -0.3 is 19.3 Å². The van der Waals surface area contributed by atoms with Crippen LogP contribution in [0.1, 0.15) is 23.0 Å². The summed E-state index contributed by atoms with van der Waals surface area (Å²) in [4.78, 5) is 23.8. The molecule has 0 spiro atoms. The summed E-state index contributed by atoms with van der Waals surface area (Å²) in [6.07, 6.45) is 2.99. The Morgan fingerprint density at radius 1 is 1.14 bits per heavy atom. The number of aromatic nitrogens is 1. The Labute approximate surface area is 167 Å². The summed E-state index contributed by atoms with van der Waals surface area (Å²) in [5.41, 5.74) is 2.25. The summed E-state index contributed by atoms with van der Waals surface area (Å²) in [6, 6.07) is 15.9. The van der Waals surface area contributed by atoms with Crippen molar-refractivity contribution in [3.8, 4) is 17.1 Å². The number of ether oxygens (including phenoxy) is 2. The molecule has 0 aliphatic rings. The SMILES string of the molecule is CCOC(=O)/C=C/c1ccc(NC(=O)c2cc(-c3ccccc3OC)on2)cc1. The minimum Gasteiger partial charge on any atom is -0.496 e. The molecule has 148 valence electrons. The lowest BCUT2D eigenvalue weighted by Crippen LogP contribution is -2.12. The molecular formula is C22H20N2O5. The number of nitrogens with zero attached hydrogens (tertiary/aromatic N) is 1. The molecule has 0 saturated carbocycles. The largest absolute Gasteiger partial charge is 0.496 e. The molecule has 0 aliphatic heterocycles. The smallest absolute Gasteiger partial charge is 0.330 e. The highest BCUT2D eigenvalue weighted by Crippen LogP contribution is 2.30. The number of rotatable bonds is 7. The van der Waals surface area contributed by atoms with E-state index < -0.39 is 11.9 Å². The lowest BCUT2D eigenvalue weighted by atomic mass is 10.1. The Morgan fingerprint density at radius 2 is 1.90 bits per heavy atom. The monoisotopic (exact) mass is 392 g/mol. The molecule has 0 unspecified atom stereocenters. The van der Waals surface area contributed by atoms with Crippen LogP contribution < -0.4 is 10.1 Å². The van der Waals surface area contributed by atoms with Gasteiger partial charge in [-0.25, -0.2) is 4.79 Å². The maximum absolute atomic E-state index is 12.4. The van der Waals surface area contributed by atoms with Crippen LogP contribution in [0.15, 0.2) is 65.2 Å². The van der Waals surface area contributed by atoms with Gasteiger partial charge in [0.1, 0.15) is 5.75 Å². The fourth-order valence-corrected chi connectivity index (χ4v) is 2.58. The van der Waals surface area contributed by atoms with Gasteiger partial charge in [-0.3, -0.25) is 4.79 Å².